The average Bonchev–Trinajstić information content (AvgIpc) is 2.45. The molecule has 1 aromatic carbocycles. The number of nitrogens with two attached hydrogens (primary N) is 1. The van der Waals surface area contributed by atoms with Crippen LogP contribution in [0.1, 0.15) is 16.1 Å². The Morgan fingerprint density at radius 2 is 2.10 bits per heavy atom. The molecule has 2 rings (SSSR count). The Bertz CT molecular complexity index is 659. The molecule has 0 fully saturated rings. The van der Waals surface area contributed by atoms with Crippen molar-refractivity contribution in [1.82, 2.24) is 9.97 Å². The van der Waals surface area contributed by atoms with Crippen molar-refractivity contribution in [1.29, 1.82) is 0 Å². The van der Waals surface area contributed by atoms with E-state index in [1.54, 1.807) is 12.1 Å². The average molecular weight is 273 g/mol. The number of rotatable bonds is 5. The van der Waals surface area contributed by atoms with Gasteiger partial charge in [-0.1, -0.05) is 12.1 Å². The fourth-order valence-electron chi connectivity index (χ4n) is 1.61. The third-order valence-corrected chi connectivity index (χ3v) is 2.51. The van der Waals surface area contributed by atoms with Gasteiger partial charge in [-0.3, -0.25) is 14.9 Å². The van der Waals surface area contributed by atoms with E-state index in [1.165, 1.54) is 24.5 Å². The van der Waals surface area contributed by atoms with Crippen LogP contribution in [0.4, 0.5) is 11.5 Å². The number of aromatic nitrogens is 2. The van der Waals surface area contributed by atoms with Crippen LogP contribution in [-0.4, -0.2) is 20.8 Å². The van der Waals surface area contributed by atoms with Crippen molar-refractivity contribution in [2.75, 3.05) is 5.32 Å². The zero-order chi connectivity index (χ0) is 14.5. The molecule has 0 saturated carbocycles. The number of anilines is 1. The van der Waals surface area contributed by atoms with Crippen LogP contribution >= 0.6 is 0 Å². The molecule has 0 bridgehead atoms. The first kappa shape index (κ1) is 13.4. The summed E-state index contributed by atoms with van der Waals surface area (Å²) in [5.74, 6) is -0.453. The van der Waals surface area contributed by atoms with Gasteiger partial charge in [0.15, 0.2) is 11.5 Å². The van der Waals surface area contributed by atoms with Gasteiger partial charge in [0.25, 0.3) is 11.6 Å². The predicted molar refractivity (Wildman–Crippen MR) is 71.0 cm³/mol. The van der Waals surface area contributed by atoms with Gasteiger partial charge < -0.3 is 11.1 Å². The zero-order valence-corrected chi connectivity index (χ0v) is 10.3. The number of nitro benzene ring substituents is 1. The Balaban J connectivity index is 2.15. The number of carbonyl (C=O) groups excluding carboxylic acids is 1. The zero-order valence-electron chi connectivity index (χ0n) is 10.3. The number of amides is 1. The second kappa shape index (κ2) is 5.74. The second-order valence-corrected chi connectivity index (χ2v) is 3.90. The lowest BCUT2D eigenvalue weighted by Gasteiger charge is -2.07. The molecule has 102 valence electrons. The number of benzene rings is 1. The summed E-state index contributed by atoms with van der Waals surface area (Å²) in [6, 6.07) is 6.15. The standard InChI is InChI=1S/C12H11N5O3/c13-11(18)10-12(15-5-4-14-10)16-7-8-2-1-3-9(6-8)17(19)20/h1-6H,7H2,(H2,13,18)(H,15,16). The Morgan fingerprint density at radius 1 is 1.35 bits per heavy atom. The van der Waals surface area contributed by atoms with Gasteiger partial charge in [-0.05, 0) is 5.56 Å². The minimum absolute atomic E-state index is 0.00132. The van der Waals surface area contributed by atoms with E-state index < -0.39 is 10.8 Å². The molecule has 0 aliphatic heterocycles. The quantitative estimate of drug-likeness (QED) is 0.620. The molecular formula is C12H11N5O3. The largest absolute Gasteiger partial charge is 0.364 e. The Morgan fingerprint density at radius 3 is 2.80 bits per heavy atom. The number of nitrogens with one attached hydrogen (secondary N) is 1. The molecule has 1 aromatic heterocycles. The lowest BCUT2D eigenvalue weighted by Crippen LogP contribution is -2.17. The van der Waals surface area contributed by atoms with Crippen LogP contribution in [0.25, 0.3) is 0 Å². The van der Waals surface area contributed by atoms with Crippen LogP contribution in [0.15, 0.2) is 36.7 Å². The van der Waals surface area contributed by atoms with Crippen molar-refractivity contribution in [2.45, 2.75) is 6.54 Å². The number of non-ortho nitro benzene ring substituents is 1. The minimum Gasteiger partial charge on any atom is -0.364 e. The molecule has 0 atom stereocenters. The van der Waals surface area contributed by atoms with E-state index in [1.807, 2.05) is 0 Å². The number of hydrogen-bond donors (Lipinski definition) is 2. The molecule has 0 aliphatic rings. The monoisotopic (exact) mass is 273 g/mol. The molecule has 0 radical (unpaired) electrons. The smallest absolute Gasteiger partial charge is 0.271 e. The van der Waals surface area contributed by atoms with Gasteiger partial charge in [-0.25, -0.2) is 9.97 Å². The molecule has 8 nitrogen and oxygen atoms in total. The Labute approximate surface area is 113 Å². The fraction of sp³-hybridized carbons (Fsp3) is 0.0833. The molecule has 1 amide bonds. The SMILES string of the molecule is NC(=O)c1nccnc1NCc1cccc([N+](=O)[O-])c1. The maximum absolute atomic E-state index is 11.2. The van der Waals surface area contributed by atoms with Gasteiger partial charge in [0.2, 0.25) is 0 Å². The van der Waals surface area contributed by atoms with Crippen LogP contribution in [0.3, 0.4) is 0 Å². The highest BCUT2D eigenvalue weighted by Gasteiger charge is 2.11. The van der Waals surface area contributed by atoms with Gasteiger partial charge in [0, 0.05) is 31.1 Å². The minimum atomic E-state index is -0.695. The van der Waals surface area contributed by atoms with E-state index in [0.29, 0.717) is 5.56 Å². The summed E-state index contributed by atoms with van der Waals surface area (Å²) in [6.45, 7) is 0.265. The number of hydrogen-bond acceptors (Lipinski definition) is 6. The molecule has 0 unspecified atom stereocenters. The van der Waals surface area contributed by atoms with Gasteiger partial charge in [0.05, 0.1) is 4.92 Å². The van der Waals surface area contributed by atoms with Crippen LogP contribution in [0, 0.1) is 10.1 Å². The molecule has 1 heterocycles. The van der Waals surface area contributed by atoms with E-state index in [0.717, 1.165) is 0 Å². The third kappa shape index (κ3) is 3.05. The molecule has 3 N–H and O–H groups in total. The number of primary amides is 1. The van der Waals surface area contributed by atoms with Crippen LogP contribution in [-0.2, 0) is 6.54 Å². The second-order valence-electron chi connectivity index (χ2n) is 3.90. The van der Waals surface area contributed by atoms with Crippen LogP contribution in [0.5, 0.6) is 0 Å². The van der Waals surface area contributed by atoms with Gasteiger partial charge in [0.1, 0.15) is 0 Å². The highest BCUT2D eigenvalue weighted by molar-refractivity contribution is 5.95. The summed E-state index contributed by atoms with van der Waals surface area (Å²) >= 11 is 0. The maximum atomic E-state index is 11.2. The van der Waals surface area contributed by atoms with Gasteiger partial charge >= 0.3 is 0 Å². The first-order chi connectivity index (χ1) is 9.58. The molecular weight excluding hydrogens is 262 g/mol. The van der Waals surface area contributed by atoms with E-state index >= 15 is 0 Å². The summed E-state index contributed by atoms with van der Waals surface area (Å²) < 4.78 is 0. The fourth-order valence-corrected chi connectivity index (χ4v) is 1.61. The first-order valence-corrected chi connectivity index (χ1v) is 5.66. The van der Waals surface area contributed by atoms with Crippen molar-refractivity contribution in [3.05, 3.63) is 58.0 Å². The topological polar surface area (TPSA) is 124 Å². The number of carbonyl (C=O) groups is 1. The van der Waals surface area contributed by atoms with E-state index in [-0.39, 0.29) is 23.7 Å². The van der Waals surface area contributed by atoms with Gasteiger partial charge in [-0.2, -0.15) is 0 Å². The number of nitro groups is 1. The summed E-state index contributed by atoms with van der Waals surface area (Å²) in [5, 5.41) is 13.6. The number of nitrogens with zero attached hydrogens (tertiary/aromatic N) is 3. The molecule has 0 spiro atoms. The van der Waals surface area contributed by atoms with Crippen LogP contribution < -0.4 is 11.1 Å². The summed E-state index contributed by atoms with van der Waals surface area (Å²) in [5.41, 5.74) is 5.88. The molecule has 0 aliphatic carbocycles. The van der Waals surface area contributed by atoms with Crippen molar-refractivity contribution < 1.29 is 9.72 Å². The van der Waals surface area contributed by atoms with E-state index in [9.17, 15) is 14.9 Å². The third-order valence-electron chi connectivity index (χ3n) is 2.51. The summed E-state index contributed by atoms with van der Waals surface area (Å²) in [6.07, 6.45) is 2.78. The van der Waals surface area contributed by atoms with Crippen molar-refractivity contribution in [3.63, 3.8) is 0 Å². The van der Waals surface area contributed by atoms with E-state index in [2.05, 4.69) is 15.3 Å². The van der Waals surface area contributed by atoms with Crippen molar-refractivity contribution in [3.8, 4) is 0 Å². The maximum Gasteiger partial charge on any atom is 0.271 e. The summed E-state index contributed by atoms with van der Waals surface area (Å²) in [7, 11) is 0. The van der Waals surface area contributed by atoms with Gasteiger partial charge in [-0.15, -0.1) is 0 Å². The van der Waals surface area contributed by atoms with Crippen LogP contribution in [0.2, 0.25) is 0 Å². The van der Waals surface area contributed by atoms with Crippen molar-refractivity contribution in [2.24, 2.45) is 5.73 Å². The Kier molecular flexibility index (Phi) is 3.85. The lowest BCUT2D eigenvalue weighted by atomic mass is 10.2. The lowest BCUT2D eigenvalue weighted by molar-refractivity contribution is -0.384. The predicted octanol–water partition coefficient (Wildman–Crippen LogP) is 1.10. The first-order valence-electron chi connectivity index (χ1n) is 5.66. The highest BCUT2D eigenvalue weighted by Crippen LogP contribution is 2.15. The molecule has 20 heavy (non-hydrogen) atoms. The normalized spacial score (nSPS) is 10.0. The molecule has 0 saturated heterocycles. The van der Waals surface area contributed by atoms with Crippen molar-refractivity contribution >= 4 is 17.4 Å². The Hall–Kier alpha value is -3.03. The van der Waals surface area contributed by atoms with E-state index in [4.69, 9.17) is 5.73 Å². The molecule has 8 heteroatoms. The highest BCUT2D eigenvalue weighted by atomic mass is 16.6. The summed E-state index contributed by atoms with van der Waals surface area (Å²) in [4.78, 5) is 29.2. The molecule has 2 aromatic rings.